The van der Waals surface area contributed by atoms with Crippen molar-refractivity contribution in [2.45, 2.75) is 32.7 Å². The number of benzene rings is 1. The molecule has 2 N–H and O–H groups in total. The highest BCUT2D eigenvalue weighted by Gasteiger charge is 2.23. The number of nitrogens with one attached hydrogen (secondary N) is 1. The normalized spacial score (nSPS) is 11.9. The Morgan fingerprint density at radius 2 is 2.11 bits per heavy atom. The largest absolute Gasteiger partial charge is 0.478 e. The lowest BCUT2D eigenvalue weighted by molar-refractivity contribution is 0.0697. The number of aromatic amines is 1. The minimum absolute atomic E-state index is 0.171. The molecule has 5 heteroatoms. The third kappa shape index (κ3) is 1.81. The predicted octanol–water partition coefficient (Wildman–Crippen LogP) is 2.17. The fraction of sp³-hybridized carbons (Fsp3) is 0.385. The first kappa shape index (κ1) is 12.4. The van der Waals surface area contributed by atoms with E-state index in [1.165, 1.54) is 12.1 Å². The van der Waals surface area contributed by atoms with E-state index in [-0.39, 0.29) is 16.8 Å². The van der Waals surface area contributed by atoms with E-state index in [9.17, 15) is 9.59 Å². The number of carboxylic acid groups (broad SMARTS) is 1. The fourth-order valence-electron chi connectivity index (χ4n) is 2.00. The maximum Gasteiger partial charge on any atom is 0.335 e. The minimum Gasteiger partial charge on any atom is -0.478 e. The molecule has 1 aromatic heterocycles. The summed E-state index contributed by atoms with van der Waals surface area (Å²) in [6, 6.07) is 4.68. The van der Waals surface area contributed by atoms with Gasteiger partial charge in [0.2, 0.25) is 0 Å². The van der Waals surface area contributed by atoms with E-state index in [1.54, 1.807) is 10.6 Å². The van der Waals surface area contributed by atoms with Gasteiger partial charge in [-0.15, -0.1) is 0 Å². The molecule has 0 aliphatic heterocycles. The number of aromatic nitrogens is 2. The van der Waals surface area contributed by atoms with Gasteiger partial charge < -0.3 is 10.1 Å². The summed E-state index contributed by atoms with van der Waals surface area (Å²) in [4.78, 5) is 25.6. The molecule has 0 fully saturated rings. The number of fused-ring (bicyclic) bond motifs is 1. The van der Waals surface area contributed by atoms with Crippen LogP contribution in [-0.2, 0) is 5.54 Å². The highest BCUT2D eigenvalue weighted by molar-refractivity contribution is 5.92. The molecule has 1 heterocycles. The zero-order chi connectivity index (χ0) is 13.5. The number of carbonyl (C=O) groups is 1. The molecule has 18 heavy (non-hydrogen) atoms. The highest BCUT2D eigenvalue weighted by Crippen LogP contribution is 2.23. The monoisotopic (exact) mass is 248 g/mol. The Balaban J connectivity index is 2.74. The molecule has 2 rings (SSSR count). The lowest BCUT2D eigenvalue weighted by atomic mass is 10.0. The third-order valence-electron chi connectivity index (χ3n) is 3.40. The summed E-state index contributed by atoms with van der Waals surface area (Å²) in [5.74, 6) is -1.000. The van der Waals surface area contributed by atoms with E-state index in [2.05, 4.69) is 4.98 Å². The Hall–Kier alpha value is -2.04. The summed E-state index contributed by atoms with van der Waals surface area (Å²) in [6.45, 7) is 5.97. The Bertz CT molecular complexity index is 664. The number of hydrogen-bond donors (Lipinski definition) is 2. The number of H-pyrrole nitrogens is 1. The first-order valence-corrected chi connectivity index (χ1v) is 5.85. The van der Waals surface area contributed by atoms with Gasteiger partial charge in [0.25, 0.3) is 0 Å². The lowest BCUT2D eigenvalue weighted by Gasteiger charge is -2.24. The van der Waals surface area contributed by atoms with Crippen molar-refractivity contribution in [1.29, 1.82) is 0 Å². The Morgan fingerprint density at radius 1 is 1.44 bits per heavy atom. The van der Waals surface area contributed by atoms with Gasteiger partial charge in [-0.05, 0) is 38.5 Å². The smallest absolute Gasteiger partial charge is 0.335 e. The van der Waals surface area contributed by atoms with Crippen LogP contribution in [0.3, 0.4) is 0 Å². The van der Waals surface area contributed by atoms with Gasteiger partial charge in [0, 0.05) is 5.54 Å². The summed E-state index contributed by atoms with van der Waals surface area (Å²) >= 11 is 0. The summed E-state index contributed by atoms with van der Waals surface area (Å²) in [7, 11) is 0. The molecule has 1 aromatic carbocycles. The molecule has 0 amide bonds. The molecule has 0 saturated heterocycles. The lowest BCUT2D eigenvalue weighted by Crippen LogP contribution is -2.34. The van der Waals surface area contributed by atoms with Crippen molar-refractivity contribution in [3.05, 3.63) is 34.2 Å². The van der Waals surface area contributed by atoms with E-state index >= 15 is 0 Å². The first-order chi connectivity index (χ1) is 8.36. The van der Waals surface area contributed by atoms with E-state index in [1.807, 2.05) is 20.8 Å². The molecule has 0 aliphatic carbocycles. The molecule has 0 radical (unpaired) electrons. The number of imidazole rings is 1. The molecule has 0 bridgehead atoms. The number of nitrogens with zero attached hydrogens (tertiary/aromatic N) is 1. The van der Waals surface area contributed by atoms with Crippen LogP contribution in [0.4, 0.5) is 0 Å². The van der Waals surface area contributed by atoms with Crippen LogP contribution >= 0.6 is 0 Å². The van der Waals surface area contributed by atoms with Crippen LogP contribution in [-0.4, -0.2) is 20.6 Å². The average molecular weight is 248 g/mol. The summed E-state index contributed by atoms with van der Waals surface area (Å²) in [5.41, 5.74) is 0.947. The van der Waals surface area contributed by atoms with Crippen molar-refractivity contribution in [1.82, 2.24) is 9.55 Å². The second-order valence-electron chi connectivity index (χ2n) is 4.97. The van der Waals surface area contributed by atoms with Gasteiger partial charge in [-0.2, -0.15) is 0 Å². The van der Waals surface area contributed by atoms with E-state index in [0.717, 1.165) is 11.9 Å². The first-order valence-electron chi connectivity index (χ1n) is 5.85. The second kappa shape index (κ2) is 4.01. The zero-order valence-corrected chi connectivity index (χ0v) is 10.7. The van der Waals surface area contributed by atoms with Crippen LogP contribution in [0.2, 0.25) is 0 Å². The van der Waals surface area contributed by atoms with E-state index in [0.29, 0.717) is 5.52 Å². The van der Waals surface area contributed by atoms with Gasteiger partial charge >= 0.3 is 11.7 Å². The quantitative estimate of drug-likeness (QED) is 0.874. The van der Waals surface area contributed by atoms with Crippen molar-refractivity contribution in [2.75, 3.05) is 0 Å². The SMILES string of the molecule is CCC(C)(C)n1c(=O)[nH]c2cc(C(=O)O)ccc21. The number of aromatic carboxylic acids is 1. The summed E-state index contributed by atoms with van der Waals surface area (Å²) in [6.07, 6.45) is 0.806. The van der Waals surface area contributed by atoms with Crippen LogP contribution in [0.5, 0.6) is 0 Å². The van der Waals surface area contributed by atoms with Crippen LogP contribution in [0.15, 0.2) is 23.0 Å². The van der Waals surface area contributed by atoms with E-state index < -0.39 is 5.97 Å². The second-order valence-corrected chi connectivity index (χ2v) is 4.97. The maximum atomic E-state index is 12.0. The van der Waals surface area contributed by atoms with Gasteiger partial charge in [0.15, 0.2) is 0 Å². The molecule has 0 saturated carbocycles. The van der Waals surface area contributed by atoms with E-state index in [4.69, 9.17) is 5.11 Å². The molecule has 0 unspecified atom stereocenters. The van der Waals surface area contributed by atoms with Gasteiger partial charge in [-0.25, -0.2) is 9.59 Å². The standard InChI is InChI=1S/C13H16N2O3/c1-4-13(2,3)15-10-6-5-8(11(16)17)7-9(10)14-12(15)18/h5-7H,4H2,1-3H3,(H,14,18)(H,16,17). The molecular weight excluding hydrogens is 232 g/mol. The van der Waals surface area contributed by atoms with Crippen molar-refractivity contribution >= 4 is 17.0 Å². The molecule has 2 aromatic rings. The molecule has 96 valence electrons. The third-order valence-corrected chi connectivity index (χ3v) is 3.40. The number of carboxylic acids is 1. The van der Waals surface area contributed by atoms with Crippen molar-refractivity contribution in [3.63, 3.8) is 0 Å². The van der Waals surface area contributed by atoms with Crippen molar-refractivity contribution in [2.24, 2.45) is 0 Å². The van der Waals surface area contributed by atoms with Gasteiger partial charge in [-0.3, -0.25) is 4.57 Å². The van der Waals surface area contributed by atoms with Crippen molar-refractivity contribution in [3.8, 4) is 0 Å². The minimum atomic E-state index is -1.000. The highest BCUT2D eigenvalue weighted by atomic mass is 16.4. The molecular formula is C13H16N2O3. The number of hydrogen-bond acceptors (Lipinski definition) is 2. The Labute approximate surface area is 104 Å². The molecule has 0 spiro atoms. The average Bonchev–Trinajstić information content (AvgIpc) is 2.64. The Morgan fingerprint density at radius 3 is 2.67 bits per heavy atom. The fourth-order valence-corrected chi connectivity index (χ4v) is 2.00. The van der Waals surface area contributed by atoms with Crippen LogP contribution < -0.4 is 5.69 Å². The predicted molar refractivity (Wildman–Crippen MR) is 69.1 cm³/mol. The van der Waals surface area contributed by atoms with Crippen LogP contribution in [0, 0.1) is 0 Å². The Kier molecular flexibility index (Phi) is 2.77. The topological polar surface area (TPSA) is 75.1 Å². The van der Waals surface area contributed by atoms with Gasteiger partial charge in [0.05, 0.1) is 16.6 Å². The molecule has 0 atom stereocenters. The van der Waals surface area contributed by atoms with Crippen LogP contribution in [0.25, 0.3) is 11.0 Å². The van der Waals surface area contributed by atoms with Crippen molar-refractivity contribution < 1.29 is 9.90 Å². The zero-order valence-electron chi connectivity index (χ0n) is 10.7. The number of rotatable bonds is 3. The van der Waals surface area contributed by atoms with Gasteiger partial charge in [0.1, 0.15) is 0 Å². The summed E-state index contributed by atoms with van der Waals surface area (Å²) < 4.78 is 1.67. The molecule has 0 aliphatic rings. The molecule has 5 nitrogen and oxygen atoms in total. The maximum absolute atomic E-state index is 12.0. The van der Waals surface area contributed by atoms with Crippen LogP contribution in [0.1, 0.15) is 37.6 Å². The summed E-state index contributed by atoms with van der Waals surface area (Å²) in [5, 5.41) is 8.93. The van der Waals surface area contributed by atoms with Gasteiger partial charge in [-0.1, -0.05) is 6.92 Å².